The third-order valence-corrected chi connectivity index (χ3v) is 2.65. The number of hydrogen-bond acceptors (Lipinski definition) is 5. The van der Waals surface area contributed by atoms with Crippen LogP contribution in [0.5, 0.6) is 0 Å². The van der Waals surface area contributed by atoms with E-state index >= 15 is 0 Å². The molecule has 0 radical (unpaired) electrons. The highest BCUT2D eigenvalue weighted by Crippen LogP contribution is 2.20. The maximum Gasteiger partial charge on any atom is 0.278 e. The summed E-state index contributed by atoms with van der Waals surface area (Å²) in [6.07, 6.45) is 0.493. The van der Waals surface area contributed by atoms with E-state index in [1.807, 2.05) is 46.9 Å². The Morgan fingerprint density at radius 1 is 1.19 bits per heavy atom. The van der Waals surface area contributed by atoms with Crippen molar-refractivity contribution in [1.82, 2.24) is 15.4 Å². The Kier molecular flexibility index (Phi) is 2.35. The number of aromatic nitrogens is 3. The molecule has 1 aromatic carbocycles. The molecule has 0 unspecified atom stereocenters. The van der Waals surface area contributed by atoms with Crippen molar-refractivity contribution in [3.63, 3.8) is 0 Å². The highest BCUT2D eigenvalue weighted by Gasteiger charge is 2.11. The average Bonchev–Trinajstić information content (AvgIpc) is 2.87. The molecule has 0 bridgehead atoms. The Labute approximate surface area is 104 Å². The standard InChI is InChI=1S/C10H6IN3O2/c11-10-13-12-9(15-10)5-7-6-3-1-2-4-8(6)16-14-7/h1-4H,5H2. The topological polar surface area (TPSA) is 65.0 Å². The van der Waals surface area contributed by atoms with Crippen LogP contribution in [0.3, 0.4) is 0 Å². The van der Waals surface area contributed by atoms with Gasteiger partial charge in [-0.1, -0.05) is 17.3 Å². The first-order valence-electron chi connectivity index (χ1n) is 4.64. The van der Waals surface area contributed by atoms with Crippen LogP contribution >= 0.6 is 22.6 Å². The second kappa shape index (κ2) is 3.85. The quantitative estimate of drug-likeness (QED) is 0.676. The van der Waals surface area contributed by atoms with E-state index in [-0.39, 0.29) is 0 Å². The van der Waals surface area contributed by atoms with E-state index in [1.165, 1.54) is 0 Å². The molecular weight excluding hydrogens is 321 g/mol. The maximum atomic E-state index is 5.29. The number of benzene rings is 1. The number of nitrogens with zero attached hydrogens (tertiary/aromatic N) is 3. The van der Waals surface area contributed by atoms with Crippen LogP contribution in [0, 0.1) is 3.90 Å². The van der Waals surface area contributed by atoms with Gasteiger partial charge in [0.2, 0.25) is 5.89 Å². The molecule has 0 aliphatic carbocycles. The zero-order valence-corrected chi connectivity index (χ0v) is 10.2. The molecule has 0 atom stereocenters. The molecule has 2 heterocycles. The average molecular weight is 327 g/mol. The van der Waals surface area contributed by atoms with E-state index in [2.05, 4.69) is 15.4 Å². The van der Waals surface area contributed by atoms with Crippen molar-refractivity contribution in [2.45, 2.75) is 6.42 Å². The maximum absolute atomic E-state index is 5.29. The molecule has 0 amide bonds. The SMILES string of the molecule is Ic1nnc(Cc2noc3ccccc23)o1. The van der Waals surface area contributed by atoms with Gasteiger partial charge >= 0.3 is 0 Å². The summed E-state index contributed by atoms with van der Waals surface area (Å²) in [6, 6.07) is 7.69. The smallest absolute Gasteiger partial charge is 0.278 e. The van der Waals surface area contributed by atoms with Gasteiger partial charge in [0.05, 0.1) is 6.42 Å². The molecule has 5 nitrogen and oxygen atoms in total. The summed E-state index contributed by atoms with van der Waals surface area (Å²) in [6.45, 7) is 0. The van der Waals surface area contributed by atoms with Gasteiger partial charge in [0.1, 0.15) is 5.69 Å². The molecule has 6 heteroatoms. The fourth-order valence-corrected chi connectivity index (χ4v) is 1.88. The van der Waals surface area contributed by atoms with Gasteiger partial charge in [0.25, 0.3) is 3.90 Å². The Morgan fingerprint density at radius 2 is 2.06 bits per heavy atom. The van der Waals surface area contributed by atoms with Crippen LogP contribution in [0.1, 0.15) is 11.6 Å². The van der Waals surface area contributed by atoms with E-state index < -0.39 is 0 Å². The summed E-state index contributed by atoms with van der Waals surface area (Å²) in [5.41, 5.74) is 1.59. The third kappa shape index (κ3) is 1.69. The molecule has 0 saturated carbocycles. The summed E-state index contributed by atoms with van der Waals surface area (Å²) >= 11 is 1.98. The van der Waals surface area contributed by atoms with E-state index in [0.717, 1.165) is 16.7 Å². The van der Waals surface area contributed by atoms with Crippen molar-refractivity contribution in [3.05, 3.63) is 39.7 Å². The van der Waals surface area contributed by atoms with Crippen molar-refractivity contribution in [3.8, 4) is 0 Å². The lowest BCUT2D eigenvalue weighted by molar-refractivity contribution is 0.436. The van der Waals surface area contributed by atoms with Crippen molar-refractivity contribution in [1.29, 1.82) is 0 Å². The van der Waals surface area contributed by atoms with E-state index in [4.69, 9.17) is 8.94 Å². The van der Waals surface area contributed by atoms with Crippen LogP contribution in [0.25, 0.3) is 11.0 Å². The number of para-hydroxylation sites is 1. The van der Waals surface area contributed by atoms with Crippen LogP contribution in [0.2, 0.25) is 0 Å². The van der Waals surface area contributed by atoms with Gasteiger partial charge in [-0.25, -0.2) is 0 Å². The summed E-state index contributed by atoms with van der Waals surface area (Å²) in [7, 11) is 0. The zero-order chi connectivity index (χ0) is 11.0. The Hall–Kier alpha value is -1.44. The third-order valence-electron chi connectivity index (χ3n) is 2.21. The van der Waals surface area contributed by atoms with Crippen LogP contribution in [0.4, 0.5) is 0 Å². The summed E-state index contributed by atoms with van der Waals surface area (Å²) in [4.78, 5) is 0. The van der Waals surface area contributed by atoms with Gasteiger partial charge in [-0.15, -0.1) is 10.2 Å². The number of rotatable bonds is 2. The molecule has 2 aromatic heterocycles. The van der Waals surface area contributed by atoms with Gasteiger partial charge < -0.3 is 8.94 Å². The first kappa shape index (κ1) is 9.76. The second-order valence-corrected chi connectivity index (χ2v) is 4.17. The second-order valence-electron chi connectivity index (χ2n) is 3.25. The van der Waals surface area contributed by atoms with Crippen molar-refractivity contribution in [2.24, 2.45) is 0 Å². The van der Waals surface area contributed by atoms with Crippen LogP contribution in [-0.2, 0) is 6.42 Å². The largest absolute Gasteiger partial charge is 0.416 e. The highest BCUT2D eigenvalue weighted by atomic mass is 127. The summed E-state index contributed by atoms with van der Waals surface area (Å²) in [5, 5.41) is 12.7. The number of fused-ring (bicyclic) bond motifs is 1. The van der Waals surface area contributed by atoms with Crippen molar-refractivity contribution < 1.29 is 8.94 Å². The minimum absolute atomic E-state index is 0.493. The van der Waals surface area contributed by atoms with Crippen LogP contribution in [-0.4, -0.2) is 15.4 Å². The van der Waals surface area contributed by atoms with Gasteiger partial charge in [-0.3, -0.25) is 0 Å². The van der Waals surface area contributed by atoms with Gasteiger partial charge in [-0.05, 0) is 12.1 Å². The van der Waals surface area contributed by atoms with Gasteiger partial charge in [0, 0.05) is 28.0 Å². The van der Waals surface area contributed by atoms with Crippen molar-refractivity contribution >= 4 is 33.6 Å². The molecule has 3 rings (SSSR count). The monoisotopic (exact) mass is 327 g/mol. The summed E-state index contributed by atoms with van der Waals surface area (Å²) < 4.78 is 11.0. The van der Waals surface area contributed by atoms with E-state index in [1.54, 1.807) is 0 Å². The molecule has 3 aromatic rings. The molecule has 0 fully saturated rings. The molecule has 0 N–H and O–H groups in total. The first-order valence-corrected chi connectivity index (χ1v) is 5.72. The normalized spacial score (nSPS) is 11.1. The highest BCUT2D eigenvalue weighted by molar-refractivity contribution is 14.1. The van der Waals surface area contributed by atoms with E-state index in [9.17, 15) is 0 Å². The van der Waals surface area contributed by atoms with Crippen molar-refractivity contribution in [2.75, 3.05) is 0 Å². The van der Waals surface area contributed by atoms with E-state index in [0.29, 0.717) is 16.2 Å². The minimum Gasteiger partial charge on any atom is -0.416 e. The lowest BCUT2D eigenvalue weighted by Gasteiger charge is -1.89. The fraction of sp³-hybridized carbons (Fsp3) is 0.100. The Balaban J connectivity index is 2.00. The molecule has 0 saturated heterocycles. The molecule has 0 spiro atoms. The number of hydrogen-bond donors (Lipinski definition) is 0. The predicted octanol–water partition coefficient (Wildman–Crippen LogP) is 2.41. The Morgan fingerprint density at radius 3 is 2.88 bits per heavy atom. The van der Waals surface area contributed by atoms with Gasteiger partial charge in [-0.2, -0.15) is 0 Å². The van der Waals surface area contributed by atoms with Gasteiger partial charge in [0.15, 0.2) is 5.58 Å². The number of halogens is 1. The zero-order valence-electron chi connectivity index (χ0n) is 8.05. The molecule has 0 aliphatic heterocycles. The lowest BCUT2D eigenvalue weighted by atomic mass is 10.2. The Bertz CT molecular complexity index is 632. The van der Waals surface area contributed by atoms with Crippen LogP contribution in [0.15, 0.2) is 33.2 Å². The fourth-order valence-electron chi connectivity index (χ4n) is 1.51. The lowest BCUT2D eigenvalue weighted by Crippen LogP contribution is -1.88. The molecule has 80 valence electrons. The predicted molar refractivity (Wildman–Crippen MR) is 63.8 cm³/mol. The molecular formula is C10H6IN3O2. The first-order chi connectivity index (χ1) is 7.83. The summed E-state index contributed by atoms with van der Waals surface area (Å²) in [5.74, 6) is 0.545. The minimum atomic E-state index is 0.493. The molecule has 16 heavy (non-hydrogen) atoms. The van der Waals surface area contributed by atoms with Crippen LogP contribution < -0.4 is 0 Å². The molecule has 0 aliphatic rings.